The summed E-state index contributed by atoms with van der Waals surface area (Å²) in [6, 6.07) is 0. The number of nitrogens with zero attached hydrogens (tertiary/aromatic N) is 5. The molecule has 2 saturated heterocycles. The van der Waals surface area contributed by atoms with E-state index in [4.69, 9.17) is 5.73 Å². The number of hydrogen-bond acceptors (Lipinski definition) is 6. The van der Waals surface area contributed by atoms with Crippen molar-refractivity contribution in [2.75, 3.05) is 26.2 Å². The Bertz CT molecular complexity index is 509. The van der Waals surface area contributed by atoms with Gasteiger partial charge in [0.15, 0.2) is 0 Å². The molecule has 20 heavy (non-hydrogen) atoms. The van der Waals surface area contributed by atoms with Gasteiger partial charge in [0.2, 0.25) is 0 Å². The quantitative estimate of drug-likeness (QED) is 0.778. The van der Waals surface area contributed by atoms with Gasteiger partial charge in [0, 0.05) is 26.2 Å². The Hall–Kier alpha value is -2.06. The van der Waals surface area contributed by atoms with E-state index in [1.165, 1.54) is 12.4 Å². The summed E-state index contributed by atoms with van der Waals surface area (Å²) in [7, 11) is 0. The third-order valence-corrected chi connectivity index (χ3v) is 3.51. The van der Waals surface area contributed by atoms with Crippen molar-refractivity contribution in [2.45, 2.75) is 12.8 Å². The lowest BCUT2D eigenvalue weighted by Gasteiger charge is -2.49. The zero-order valence-corrected chi connectivity index (χ0v) is 11.0. The van der Waals surface area contributed by atoms with Crippen LogP contribution in [0.5, 0.6) is 0 Å². The predicted molar refractivity (Wildman–Crippen MR) is 69.1 cm³/mol. The molecular formula is C12H16N6O2. The Morgan fingerprint density at radius 1 is 1.00 bits per heavy atom. The van der Waals surface area contributed by atoms with Gasteiger partial charge in [0.1, 0.15) is 11.4 Å². The van der Waals surface area contributed by atoms with Crippen molar-refractivity contribution in [3.63, 3.8) is 0 Å². The third kappa shape index (κ3) is 2.23. The van der Waals surface area contributed by atoms with E-state index in [1.54, 1.807) is 5.12 Å². The number of carbonyl (C=O) groups excluding carboxylic acids is 2. The molecule has 8 heteroatoms. The number of nitrogens with two attached hydrogens (primary N) is 1. The van der Waals surface area contributed by atoms with Gasteiger partial charge in [-0.15, -0.1) is 0 Å². The van der Waals surface area contributed by atoms with E-state index < -0.39 is 5.91 Å². The molecule has 0 radical (unpaired) electrons. The Morgan fingerprint density at radius 3 is 1.85 bits per heavy atom. The molecule has 0 bridgehead atoms. The topological polar surface area (TPSA) is 95.7 Å². The second-order valence-corrected chi connectivity index (χ2v) is 4.86. The number of hydrogen-bond donors (Lipinski definition) is 1. The van der Waals surface area contributed by atoms with E-state index in [9.17, 15) is 9.59 Å². The number of rotatable bonds is 4. The SMILES string of the molecule is NC(=O)c1cnc(C(=O)N(N2CCC2)N2CCC2)cn1. The van der Waals surface area contributed by atoms with Gasteiger partial charge in [-0.2, -0.15) is 5.12 Å². The van der Waals surface area contributed by atoms with E-state index in [0.717, 1.165) is 39.0 Å². The van der Waals surface area contributed by atoms with Crippen LogP contribution in [0.4, 0.5) is 0 Å². The number of carbonyl (C=O) groups is 2. The molecule has 0 aromatic carbocycles. The van der Waals surface area contributed by atoms with E-state index in [-0.39, 0.29) is 17.3 Å². The minimum atomic E-state index is -0.654. The highest BCUT2D eigenvalue weighted by atomic mass is 16.2. The van der Waals surface area contributed by atoms with Gasteiger partial charge in [0.25, 0.3) is 5.91 Å². The average molecular weight is 276 g/mol. The minimum Gasteiger partial charge on any atom is -0.364 e. The number of aromatic nitrogens is 2. The van der Waals surface area contributed by atoms with Crippen LogP contribution < -0.4 is 5.73 Å². The van der Waals surface area contributed by atoms with Crippen LogP contribution in [0.1, 0.15) is 33.8 Å². The molecule has 2 aliphatic rings. The highest BCUT2D eigenvalue weighted by Gasteiger charge is 2.35. The van der Waals surface area contributed by atoms with Crippen molar-refractivity contribution in [1.29, 1.82) is 0 Å². The minimum absolute atomic E-state index is 0.0565. The Balaban J connectivity index is 1.79. The van der Waals surface area contributed by atoms with Gasteiger partial charge < -0.3 is 5.73 Å². The molecule has 0 aliphatic carbocycles. The molecule has 2 fully saturated rings. The van der Waals surface area contributed by atoms with E-state index in [0.29, 0.717) is 0 Å². The lowest BCUT2D eigenvalue weighted by atomic mass is 10.2. The second-order valence-electron chi connectivity index (χ2n) is 4.86. The van der Waals surface area contributed by atoms with Gasteiger partial charge in [-0.25, -0.2) is 20.0 Å². The first-order valence-electron chi connectivity index (χ1n) is 6.63. The van der Waals surface area contributed by atoms with Gasteiger partial charge in [-0.3, -0.25) is 9.59 Å². The zero-order chi connectivity index (χ0) is 14.1. The first-order valence-corrected chi connectivity index (χ1v) is 6.63. The van der Waals surface area contributed by atoms with Crippen LogP contribution in [0.3, 0.4) is 0 Å². The van der Waals surface area contributed by atoms with E-state index in [1.807, 2.05) is 10.0 Å². The number of hydrazine groups is 2. The van der Waals surface area contributed by atoms with Crippen molar-refractivity contribution in [1.82, 2.24) is 25.1 Å². The molecule has 3 heterocycles. The van der Waals surface area contributed by atoms with E-state index >= 15 is 0 Å². The first kappa shape index (κ1) is 12.9. The van der Waals surface area contributed by atoms with Crippen molar-refractivity contribution in [2.24, 2.45) is 5.73 Å². The summed E-state index contributed by atoms with van der Waals surface area (Å²) in [6.07, 6.45) is 4.71. The standard InChI is InChI=1S/C12H16N6O2/c13-11(19)9-7-15-10(8-14-9)12(20)18(16-3-1-4-16)17-5-2-6-17/h7-8H,1-6H2,(H2,13,19). The highest BCUT2D eigenvalue weighted by Crippen LogP contribution is 2.20. The van der Waals surface area contributed by atoms with Crippen LogP contribution in [0.2, 0.25) is 0 Å². The summed E-state index contributed by atoms with van der Waals surface area (Å²) in [5.74, 6) is -0.869. The molecule has 3 rings (SSSR count). The smallest absolute Gasteiger partial charge is 0.303 e. The highest BCUT2D eigenvalue weighted by molar-refractivity contribution is 5.93. The van der Waals surface area contributed by atoms with Crippen LogP contribution in [-0.4, -0.2) is 63.1 Å². The summed E-state index contributed by atoms with van der Waals surface area (Å²) in [5, 5.41) is 5.64. The molecule has 8 nitrogen and oxygen atoms in total. The summed E-state index contributed by atoms with van der Waals surface area (Å²) >= 11 is 0. The second kappa shape index (κ2) is 5.14. The first-order chi connectivity index (χ1) is 9.66. The molecule has 2 N–H and O–H groups in total. The molecular weight excluding hydrogens is 260 g/mol. The van der Waals surface area contributed by atoms with Crippen LogP contribution in [0.15, 0.2) is 12.4 Å². The molecule has 0 saturated carbocycles. The van der Waals surface area contributed by atoms with Gasteiger partial charge in [0.05, 0.1) is 12.4 Å². The van der Waals surface area contributed by atoms with Crippen molar-refractivity contribution < 1.29 is 9.59 Å². The summed E-state index contributed by atoms with van der Waals surface area (Å²) in [5.41, 5.74) is 5.38. The van der Waals surface area contributed by atoms with Crippen LogP contribution >= 0.6 is 0 Å². The lowest BCUT2D eigenvalue weighted by Crippen LogP contribution is -2.64. The Kier molecular flexibility index (Phi) is 3.33. The normalized spacial score (nSPS) is 19.0. The molecule has 1 aromatic rings. The molecule has 0 unspecified atom stereocenters. The lowest BCUT2D eigenvalue weighted by molar-refractivity contribution is -0.197. The molecule has 1 aromatic heterocycles. The van der Waals surface area contributed by atoms with Gasteiger partial charge in [-0.1, -0.05) is 0 Å². The van der Waals surface area contributed by atoms with Crippen LogP contribution in [0.25, 0.3) is 0 Å². The fraction of sp³-hybridized carbons (Fsp3) is 0.500. The van der Waals surface area contributed by atoms with Crippen LogP contribution in [0, 0.1) is 0 Å². The molecule has 0 atom stereocenters. The number of amides is 2. The zero-order valence-electron chi connectivity index (χ0n) is 11.0. The van der Waals surface area contributed by atoms with Gasteiger partial charge in [-0.05, 0) is 12.8 Å². The predicted octanol–water partition coefficient (Wildman–Crippen LogP) is -0.741. The van der Waals surface area contributed by atoms with Crippen molar-refractivity contribution in [3.8, 4) is 0 Å². The van der Waals surface area contributed by atoms with Crippen LogP contribution in [-0.2, 0) is 0 Å². The molecule has 2 aliphatic heterocycles. The molecule has 0 spiro atoms. The monoisotopic (exact) mass is 276 g/mol. The fourth-order valence-corrected chi connectivity index (χ4v) is 2.08. The Labute approximate surface area is 116 Å². The third-order valence-electron chi connectivity index (χ3n) is 3.51. The average Bonchev–Trinajstić information content (AvgIpc) is 2.33. The molecule has 2 amide bonds. The fourth-order valence-electron chi connectivity index (χ4n) is 2.08. The summed E-state index contributed by atoms with van der Waals surface area (Å²) < 4.78 is 0. The van der Waals surface area contributed by atoms with Crippen molar-refractivity contribution in [3.05, 3.63) is 23.8 Å². The van der Waals surface area contributed by atoms with Crippen molar-refractivity contribution >= 4 is 11.8 Å². The maximum atomic E-state index is 12.5. The number of primary amides is 1. The Morgan fingerprint density at radius 2 is 1.50 bits per heavy atom. The largest absolute Gasteiger partial charge is 0.364 e. The summed E-state index contributed by atoms with van der Waals surface area (Å²) in [6.45, 7) is 3.48. The maximum Gasteiger partial charge on any atom is 0.303 e. The summed E-state index contributed by atoms with van der Waals surface area (Å²) in [4.78, 5) is 31.3. The van der Waals surface area contributed by atoms with E-state index in [2.05, 4.69) is 9.97 Å². The molecule has 106 valence electrons. The maximum absolute atomic E-state index is 12.5. The van der Waals surface area contributed by atoms with Gasteiger partial charge >= 0.3 is 5.91 Å².